The minimum absolute atomic E-state index is 0.0616. The van der Waals surface area contributed by atoms with Gasteiger partial charge in [-0.05, 0) is 42.5 Å². The van der Waals surface area contributed by atoms with Crippen molar-refractivity contribution in [2.75, 3.05) is 18.4 Å². The molecule has 3 N–H and O–H groups in total. The predicted molar refractivity (Wildman–Crippen MR) is 94.4 cm³/mol. The van der Waals surface area contributed by atoms with Crippen LogP contribution in [0.15, 0.2) is 48.5 Å². The van der Waals surface area contributed by atoms with Gasteiger partial charge in [0.25, 0.3) is 0 Å². The van der Waals surface area contributed by atoms with Gasteiger partial charge in [-0.2, -0.15) is 0 Å². The lowest BCUT2D eigenvalue weighted by molar-refractivity contribution is 0.193. The summed E-state index contributed by atoms with van der Waals surface area (Å²) in [5.74, 6) is 0. The van der Waals surface area contributed by atoms with Gasteiger partial charge in [-0.1, -0.05) is 42.5 Å². The van der Waals surface area contributed by atoms with E-state index in [0.717, 1.165) is 41.8 Å². The number of amides is 2. The summed E-state index contributed by atoms with van der Waals surface area (Å²) in [5, 5.41) is 3.04. The largest absolute Gasteiger partial charge is 0.326 e. The Kier molecular flexibility index (Phi) is 4.63. The summed E-state index contributed by atoms with van der Waals surface area (Å²) in [4.78, 5) is 14.3. The van der Waals surface area contributed by atoms with E-state index in [0.29, 0.717) is 6.54 Å². The van der Waals surface area contributed by atoms with Gasteiger partial charge in [0.2, 0.25) is 0 Å². The third-order valence-electron chi connectivity index (χ3n) is 4.41. The molecule has 0 aliphatic carbocycles. The Labute approximate surface area is 137 Å². The van der Waals surface area contributed by atoms with E-state index >= 15 is 0 Å². The van der Waals surface area contributed by atoms with Crippen LogP contribution in [0.2, 0.25) is 0 Å². The van der Waals surface area contributed by atoms with E-state index in [1.165, 1.54) is 0 Å². The molecule has 1 unspecified atom stereocenters. The quantitative estimate of drug-likeness (QED) is 0.890. The lowest BCUT2D eigenvalue weighted by atomic mass is 9.99. The highest BCUT2D eigenvalue weighted by Gasteiger charge is 2.21. The summed E-state index contributed by atoms with van der Waals surface area (Å²) in [6.45, 7) is 3.44. The molecule has 120 valence electrons. The van der Waals surface area contributed by atoms with Crippen LogP contribution in [0.3, 0.4) is 0 Å². The number of urea groups is 1. The van der Waals surface area contributed by atoms with Gasteiger partial charge in [-0.15, -0.1) is 0 Å². The number of carbonyl (C=O) groups is 1. The summed E-state index contributed by atoms with van der Waals surface area (Å²) >= 11 is 0. The number of rotatable bonds is 2. The van der Waals surface area contributed by atoms with Crippen LogP contribution in [0.4, 0.5) is 10.5 Å². The van der Waals surface area contributed by atoms with Gasteiger partial charge in [0.15, 0.2) is 0 Å². The summed E-state index contributed by atoms with van der Waals surface area (Å²) in [6.07, 6.45) is 1.96. The van der Waals surface area contributed by atoms with Gasteiger partial charge >= 0.3 is 6.03 Å². The first kappa shape index (κ1) is 15.6. The topological polar surface area (TPSA) is 58.4 Å². The average molecular weight is 309 g/mol. The molecule has 0 spiro atoms. The average Bonchev–Trinajstić information content (AvgIpc) is 2.57. The maximum Gasteiger partial charge on any atom is 0.321 e. The summed E-state index contributed by atoms with van der Waals surface area (Å²) in [6, 6.07) is 16.2. The molecule has 2 aromatic carbocycles. The van der Waals surface area contributed by atoms with E-state index in [9.17, 15) is 4.79 Å². The van der Waals surface area contributed by atoms with Gasteiger partial charge < -0.3 is 16.0 Å². The molecule has 3 rings (SSSR count). The van der Waals surface area contributed by atoms with Crippen molar-refractivity contribution in [3.8, 4) is 11.1 Å². The summed E-state index contributed by atoms with van der Waals surface area (Å²) in [7, 11) is 0. The third kappa shape index (κ3) is 3.54. The van der Waals surface area contributed by atoms with Crippen LogP contribution in [0.5, 0.6) is 0 Å². The monoisotopic (exact) mass is 309 g/mol. The highest BCUT2D eigenvalue weighted by molar-refractivity contribution is 5.91. The first-order chi connectivity index (χ1) is 11.1. The van der Waals surface area contributed by atoms with Gasteiger partial charge in [0, 0.05) is 24.8 Å². The molecule has 0 saturated carbocycles. The molecule has 4 heteroatoms. The SMILES string of the molecule is Cc1c(NC(=O)N2CCCC(N)C2)cccc1-c1ccccc1. The van der Waals surface area contributed by atoms with Crippen LogP contribution >= 0.6 is 0 Å². The predicted octanol–water partition coefficient (Wildman–Crippen LogP) is 3.62. The zero-order valence-electron chi connectivity index (χ0n) is 13.5. The smallest absolute Gasteiger partial charge is 0.321 e. The highest BCUT2D eigenvalue weighted by Crippen LogP contribution is 2.28. The standard InChI is InChI=1S/C19H23N3O/c1-14-17(15-7-3-2-4-8-15)10-5-11-18(14)21-19(23)22-12-6-9-16(20)13-22/h2-5,7-8,10-11,16H,6,9,12-13,20H2,1H3,(H,21,23). The Bertz CT molecular complexity index is 684. The fraction of sp³-hybridized carbons (Fsp3) is 0.316. The minimum Gasteiger partial charge on any atom is -0.326 e. The molecule has 23 heavy (non-hydrogen) atoms. The Morgan fingerprint density at radius 2 is 1.96 bits per heavy atom. The molecule has 1 aliphatic heterocycles. The molecular weight excluding hydrogens is 286 g/mol. The Morgan fingerprint density at radius 1 is 1.17 bits per heavy atom. The second-order valence-corrected chi connectivity index (χ2v) is 6.12. The number of hydrogen-bond acceptors (Lipinski definition) is 2. The molecule has 1 aliphatic rings. The normalized spacial score (nSPS) is 17.8. The highest BCUT2D eigenvalue weighted by atomic mass is 16.2. The number of carbonyl (C=O) groups excluding carboxylic acids is 1. The lowest BCUT2D eigenvalue weighted by Crippen LogP contribution is -2.47. The van der Waals surface area contributed by atoms with Crippen molar-refractivity contribution in [1.29, 1.82) is 0 Å². The molecule has 0 bridgehead atoms. The van der Waals surface area contributed by atoms with Crippen LogP contribution in [0.25, 0.3) is 11.1 Å². The number of hydrogen-bond donors (Lipinski definition) is 2. The van der Waals surface area contributed by atoms with Crippen molar-refractivity contribution in [3.63, 3.8) is 0 Å². The van der Waals surface area contributed by atoms with E-state index in [-0.39, 0.29) is 12.1 Å². The second kappa shape index (κ2) is 6.84. The molecule has 2 amide bonds. The minimum atomic E-state index is -0.0616. The molecule has 1 saturated heterocycles. The molecule has 1 fully saturated rings. The zero-order valence-corrected chi connectivity index (χ0v) is 13.5. The molecule has 1 heterocycles. The number of benzene rings is 2. The maximum absolute atomic E-state index is 12.5. The Hall–Kier alpha value is -2.33. The van der Waals surface area contributed by atoms with Crippen LogP contribution < -0.4 is 11.1 Å². The zero-order chi connectivity index (χ0) is 16.2. The fourth-order valence-electron chi connectivity index (χ4n) is 3.09. The first-order valence-electron chi connectivity index (χ1n) is 8.11. The molecule has 2 aromatic rings. The van der Waals surface area contributed by atoms with E-state index in [2.05, 4.69) is 23.5 Å². The lowest BCUT2D eigenvalue weighted by Gasteiger charge is -2.31. The van der Waals surface area contributed by atoms with Crippen molar-refractivity contribution >= 4 is 11.7 Å². The number of nitrogens with zero attached hydrogens (tertiary/aromatic N) is 1. The number of nitrogens with one attached hydrogen (secondary N) is 1. The van der Waals surface area contributed by atoms with Crippen molar-refractivity contribution < 1.29 is 4.79 Å². The van der Waals surface area contributed by atoms with Crippen molar-refractivity contribution in [3.05, 3.63) is 54.1 Å². The third-order valence-corrected chi connectivity index (χ3v) is 4.41. The van der Waals surface area contributed by atoms with Crippen LogP contribution in [-0.2, 0) is 0 Å². The Morgan fingerprint density at radius 3 is 2.70 bits per heavy atom. The fourth-order valence-corrected chi connectivity index (χ4v) is 3.09. The molecule has 4 nitrogen and oxygen atoms in total. The van der Waals surface area contributed by atoms with Crippen molar-refractivity contribution in [2.24, 2.45) is 5.73 Å². The van der Waals surface area contributed by atoms with Crippen LogP contribution in [0, 0.1) is 6.92 Å². The summed E-state index contributed by atoms with van der Waals surface area (Å²) in [5.41, 5.74) is 10.2. The molecule has 0 radical (unpaired) electrons. The number of likely N-dealkylation sites (tertiary alicyclic amines) is 1. The number of piperidine rings is 1. The second-order valence-electron chi connectivity index (χ2n) is 6.12. The number of anilines is 1. The van der Waals surface area contributed by atoms with Crippen LogP contribution in [-0.4, -0.2) is 30.1 Å². The van der Waals surface area contributed by atoms with E-state index in [1.54, 1.807) is 0 Å². The van der Waals surface area contributed by atoms with Gasteiger partial charge in [0.1, 0.15) is 0 Å². The van der Waals surface area contributed by atoms with Gasteiger partial charge in [0.05, 0.1) is 0 Å². The molecule has 1 atom stereocenters. The summed E-state index contributed by atoms with van der Waals surface area (Å²) < 4.78 is 0. The molecular formula is C19H23N3O. The van der Waals surface area contributed by atoms with E-state index < -0.39 is 0 Å². The maximum atomic E-state index is 12.5. The molecule has 0 aromatic heterocycles. The van der Waals surface area contributed by atoms with Gasteiger partial charge in [-0.25, -0.2) is 4.79 Å². The van der Waals surface area contributed by atoms with E-state index in [1.807, 2.05) is 42.2 Å². The first-order valence-corrected chi connectivity index (χ1v) is 8.11. The van der Waals surface area contributed by atoms with Crippen molar-refractivity contribution in [2.45, 2.75) is 25.8 Å². The van der Waals surface area contributed by atoms with Gasteiger partial charge in [-0.3, -0.25) is 0 Å². The van der Waals surface area contributed by atoms with Crippen molar-refractivity contribution in [1.82, 2.24) is 4.90 Å². The van der Waals surface area contributed by atoms with Crippen LogP contribution in [0.1, 0.15) is 18.4 Å². The van der Waals surface area contributed by atoms with E-state index in [4.69, 9.17) is 5.73 Å². The Balaban J connectivity index is 1.80. The number of nitrogens with two attached hydrogens (primary N) is 1.